The molecule has 4 nitrogen and oxygen atoms in total. The van der Waals surface area contributed by atoms with Gasteiger partial charge in [-0.05, 0) is 24.6 Å². The van der Waals surface area contributed by atoms with Gasteiger partial charge in [0.2, 0.25) is 0 Å². The van der Waals surface area contributed by atoms with Crippen molar-refractivity contribution in [2.24, 2.45) is 5.73 Å². The maximum Gasteiger partial charge on any atom is 0.191 e. The zero-order valence-electron chi connectivity index (χ0n) is 8.41. The highest BCUT2D eigenvalue weighted by molar-refractivity contribution is 5.91. The van der Waals surface area contributed by atoms with Crippen LogP contribution in [-0.4, -0.2) is 10.9 Å². The van der Waals surface area contributed by atoms with Crippen molar-refractivity contribution in [3.63, 3.8) is 0 Å². The molecule has 1 aromatic heterocycles. The first kappa shape index (κ1) is 9.45. The van der Waals surface area contributed by atoms with Gasteiger partial charge in [-0.2, -0.15) is 0 Å². The number of nitrogens with two attached hydrogens (primary N) is 1. The van der Waals surface area contributed by atoms with E-state index in [4.69, 9.17) is 11.1 Å². The maximum absolute atomic E-state index is 7.14. The summed E-state index contributed by atoms with van der Waals surface area (Å²) in [6.45, 7) is 2.01. The summed E-state index contributed by atoms with van der Waals surface area (Å²) >= 11 is 0. The van der Waals surface area contributed by atoms with Crippen LogP contribution in [0.4, 0.5) is 5.82 Å². The number of nitrogens with zero attached hydrogens (tertiary/aromatic N) is 1. The van der Waals surface area contributed by atoms with Crippen LogP contribution in [0.15, 0.2) is 30.3 Å². The molecule has 0 radical (unpaired) electrons. The predicted molar refractivity (Wildman–Crippen MR) is 62.0 cm³/mol. The molecule has 1 heterocycles. The number of para-hydroxylation sites is 1. The third-order valence-electron chi connectivity index (χ3n) is 2.19. The molecule has 0 unspecified atom stereocenters. The van der Waals surface area contributed by atoms with Gasteiger partial charge in [-0.25, -0.2) is 4.98 Å². The predicted octanol–water partition coefficient (Wildman–Crippen LogP) is 1.85. The van der Waals surface area contributed by atoms with Gasteiger partial charge in [0.05, 0.1) is 5.52 Å². The Kier molecular flexibility index (Phi) is 2.25. The zero-order valence-corrected chi connectivity index (χ0v) is 8.41. The molecular weight excluding hydrogens is 188 g/mol. The SMILES string of the molecule is Cc1cc(NC(=N)N)nc2ccccc12. The lowest BCUT2D eigenvalue weighted by atomic mass is 10.1. The molecule has 0 atom stereocenters. The van der Waals surface area contributed by atoms with Gasteiger partial charge >= 0.3 is 0 Å². The fourth-order valence-electron chi connectivity index (χ4n) is 1.55. The van der Waals surface area contributed by atoms with E-state index < -0.39 is 0 Å². The van der Waals surface area contributed by atoms with Crippen molar-refractivity contribution in [2.45, 2.75) is 6.92 Å². The number of hydrogen-bond acceptors (Lipinski definition) is 2. The van der Waals surface area contributed by atoms with Crippen LogP contribution in [0.3, 0.4) is 0 Å². The molecule has 0 bridgehead atoms. The molecule has 0 spiro atoms. The van der Waals surface area contributed by atoms with Crippen molar-refractivity contribution in [3.8, 4) is 0 Å². The van der Waals surface area contributed by atoms with Crippen LogP contribution < -0.4 is 11.1 Å². The molecule has 0 amide bonds. The molecule has 76 valence electrons. The number of pyridine rings is 1. The number of fused-ring (bicyclic) bond motifs is 1. The summed E-state index contributed by atoms with van der Waals surface area (Å²) in [4.78, 5) is 4.34. The lowest BCUT2D eigenvalue weighted by Crippen LogP contribution is -2.21. The third kappa shape index (κ3) is 1.88. The van der Waals surface area contributed by atoms with E-state index in [9.17, 15) is 0 Å². The van der Waals surface area contributed by atoms with E-state index in [1.54, 1.807) is 0 Å². The number of aryl methyl sites for hydroxylation is 1. The molecule has 4 heteroatoms. The second-order valence-electron chi connectivity index (χ2n) is 3.38. The van der Waals surface area contributed by atoms with E-state index in [0.717, 1.165) is 16.5 Å². The first-order valence-electron chi connectivity index (χ1n) is 4.64. The summed E-state index contributed by atoms with van der Waals surface area (Å²) < 4.78 is 0. The number of guanidine groups is 1. The van der Waals surface area contributed by atoms with Gasteiger partial charge in [0.25, 0.3) is 0 Å². The minimum Gasteiger partial charge on any atom is -0.370 e. The summed E-state index contributed by atoms with van der Waals surface area (Å²) in [5.41, 5.74) is 7.27. The quantitative estimate of drug-likeness (QED) is 0.485. The summed E-state index contributed by atoms with van der Waals surface area (Å²) in [6.07, 6.45) is 0. The van der Waals surface area contributed by atoms with Crippen molar-refractivity contribution in [1.82, 2.24) is 4.98 Å². The van der Waals surface area contributed by atoms with Crippen molar-refractivity contribution >= 4 is 22.7 Å². The molecule has 4 N–H and O–H groups in total. The van der Waals surface area contributed by atoms with Crippen LogP contribution in [0.5, 0.6) is 0 Å². The summed E-state index contributed by atoms with van der Waals surface area (Å²) in [5, 5.41) is 10.9. The Bertz CT molecular complexity index is 519. The van der Waals surface area contributed by atoms with Gasteiger partial charge in [-0.3, -0.25) is 5.41 Å². The number of anilines is 1. The van der Waals surface area contributed by atoms with E-state index in [1.807, 2.05) is 37.3 Å². The highest BCUT2D eigenvalue weighted by Gasteiger charge is 2.01. The van der Waals surface area contributed by atoms with Crippen LogP contribution in [-0.2, 0) is 0 Å². The molecule has 0 saturated carbocycles. The van der Waals surface area contributed by atoms with Crippen LogP contribution in [0.25, 0.3) is 10.9 Å². The molecule has 1 aromatic carbocycles. The number of benzene rings is 1. The number of hydrogen-bond donors (Lipinski definition) is 3. The molecule has 0 aliphatic carbocycles. The normalized spacial score (nSPS) is 10.2. The molecule has 15 heavy (non-hydrogen) atoms. The van der Waals surface area contributed by atoms with Crippen molar-refractivity contribution in [1.29, 1.82) is 5.41 Å². The van der Waals surface area contributed by atoms with Gasteiger partial charge in [-0.15, -0.1) is 0 Å². The highest BCUT2D eigenvalue weighted by Crippen LogP contribution is 2.19. The Labute approximate surface area is 87.6 Å². The van der Waals surface area contributed by atoms with Gasteiger partial charge < -0.3 is 11.1 Å². The number of rotatable bonds is 1. The van der Waals surface area contributed by atoms with Crippen molar-refractivity contribution in [3.05, 3.63) is 35.9 Å². The van der Waals surface area contributed by atoms with E-state index >= 15 is 0 Å². The maximum atomic E-state index is 7.14. The Morgan fingerprint density at radius 3 is 2.87 bits per heavy atom. The molecule has 0 fully saturated rings. The highest BCUT2D eigenvalue weighted by atomic mass is 15.1. The smallest absolute Gasteiger partial charge is 0.191 e. The Hall–Kier alpha value is -2.10. The Morgan fingerprint density at radius 2 is 2.13 bits per heavy atom. The summed E-state index contributed by atoms with van der Waals surface area (Å²) in [5.74, 6) is 0.510. The van der Waals surface area contributed by atoms with Crippen LogP contribution in [0.1, 0.15) is 5.56 Å². The first-order valence-corrected chi connectivity index (χ1v) is 4.64. The summed E-state index contributed by atoms with van der Waals surface area (Å²) in [7, 11) is 0. The van der Waals surface area contributed by atoms with Crippen LogP contribution in [0, 0.1) is 12.3 Å². The van der Waals surface area contributed by atoms with Crippen molar-refractivity contribution in [2.75, 3.05) is 5.32 Å². The minimum atomic E-state index is -0.0998. The second kappa shape index (κ2) is 3.57. The summed E-state index contributed by atoms with van der Waals surface area (Å²) in [6, 6.07) is 9.76. The van der Waals surface area contributed by atoms with Crippen LogP contribution >= 0.6 is 0 Å². The molecule has 0 aliphatic heterocycles. The topological polar surface area (TPSA) is 74.8 Å². The largest absolute Gasteiger partial charge is 0.370 e. The zero-order chi connectivity index (χ0) is 10.8. The minimum absolute atomic E-state index is 0.0998. The lowest BCUT2D eigenvalue weighted by Gasteiger charge is -2.06. The molecule has 2 aromatic rings. The van der Waals surface area contributed by atoms with Gasteiger partial charge in [-0.1, -0.05) is 18.2 Å². The molecule has 0 aliphatic rings. The van der Waals surface area contributed by atoms with E-state index in [0.29, 0.717) is 5.82 Å². The molecular formula is C11H12N4. The van der Waals surface area contributed by atoms with E-state index in [1.165, 1.54) is 0 Å². The van der Waals surface area contributed by atoms with E-state index in [-0.39, 0.29) is 5.96 Å². The Morgan fingerprint density at radius 1 is 1.40 bits per heavy atom. The van der Waals surface area contributed by atoms with Gasteiger partial charge in [0.15, 0.2) is 5.96 Å². The average molecular weight is 200 g/mol. The lowest BCUT2D eigenvalue weighted by molar-refractivity contribution is 1.32. The molecule has 2 rings (SSSR count). The van der Waals surface area contributed by atoms with Gasteiger partial charge in [0, 0.05) is 5.39 Å². The van der Waals surface area contributed by atoms with E-state index in [2.05, 4.69) is 10.3 Å². The average Bonchev–Trinajstić information content (AvgIpc) is 2.16. The second-order valence-corrected chi connectivity index (χ2v) is 3.38. The fraction of sp³-hybridized carbons (Fsp3) is 0.0909. The third-order valence-corrected chi connectivity index (χ3v) is 2.19. The first-order chi connectivity index (χ1) is 7.16. The Balaban J connectivity index is 2.57. The number of aromatic nitrogens is 1. The fourth-order valence-corrected chi connectivity index (χ4v) is 1.55. The van der Waals surface area contributed by atoms with Crippen LogP contribution in [0.2, 0.25) is 0 Å². The van der Waals surface area contributed by atoms with Crippen molar-refractivity contribution < 1.29 is 0 Å². The van der Waals surface area contributed by atoms with Gasteiger partial charge in [0.1, 0.15) is 5.82 Å². The molecule has 0 saturated heterocycles. The number of nitrogens with one attached hydrogen (secondary N) is 2. The monoisotopic (exact) mass is 200 g/mol. The standard InChI is InChI=1S/C11H12N4/c1-7-6-10(15-11(12)13)14-9-5-3-2-4-8(7)9/h2-6H,1H3,(H4,12,13,14,15).